The minimum atomic E-state index is -4.52. The maximum atomic E-state index is 12.7. The molecule has 0 aromatic heterocycles. The van der Waals surface area contributed by atoms with Gasteiger partial charge in [-0.25, -0.2) is 4.57 Å². The number of phosphoric ester groups is 1. The van der Waals surface area contributed by atoms with E-state index in [1.807, 2.05) is 0 Å². The molecule has 10 heteroatoms. The van der Waals surface area contributed by atoms with Gasteiger partial charge in [-0.3, -0.25) is 13.8 Å². The van der Waals surface area contributed by atoms with Gasteiger partial charge in [-0.2, -0.15) is 0 Å². The van der Waals surface area contributed by atoms with Gasteiger partial charge in [0, 0.05) is 13.0 Å². The van der Waals surface area contributed by atoms with Crippen molar-refractivity contribution < 1.29 is 43.0 Å². The van der Waals surface area contributed by atoms with Gasteiger partial charge >= 0.3 is 13.8 Å². The Labute approximate surface area is 422 Å². The highest BCUT2D eigenvalue weighted by molar-refractivity contribution is 7.47. The summed E-state index contributed by atoms with van der Waals surface area (Å²) in [5, 5.41) is 18.5. The largest absolute Gasteiger partial charge is 0.472 e. The third-order valence-electron chi connectivity index (χ3n) is 13.8. The zero-order chi connectivity index (χ0) is 49.5. The van der Waals surface area contributed by atoms with E-state index in [4.69, 9.17) is 23.6 Å². The fraction of sp³-hybridized carbons (Fsp3) is 0.983. The second-order valence-electron chi connectivity index (χ2n) is 20.7. The normalized spacial score (nSPS) is 13.5. The van der Waals surface area contributed by atoms with Crippen LogP contribution < -0.4 is 0 Å². The van der Waals surface area contributed by atoms with Crippen LogP contribution in [0.1, 0.15) is 322 Å². The molecule has 0 fully saturated rings. The molecule has 0 saturated carbocycles. The number of esters is 1. The SMILES string of the molecule is CCCCCCCCCCCCCCCCCCCCCCCCCCCCCC(=O)O[C@H](COCCCCCCCCCCCCCCCCCCCCCC)COP(=O)(O)OC[C@@H](O)CO. The number of aliphatic hydroxyl groups excluding tert-OH is 2. The van der Waals surface area contributed by atoms with Crippen molar-refractivity contribution in [2.75, 3.05) is 33.0 Å². The molecule has 0 bridgehead atoms. The summed E-state index contributed by atoms with van der Waals surface area (Å²) in [6.45, 7) is 3.63. The minimum absolute atomic E-state index is 0.0592. The fourth-order valence-corrected chi connectivity index (χ4v) is 10.0. The van der Waals surface area contributed by atoms with Crippen molar-refractivity contribution in [1.29, 1.82) is 0 Å². The highest BCUT2D eigenvalue weighted by Gasteiger charge is 2.26. The lowest BCUT2D eigenvalue weighted by molar-refractivity contribution is -0.154. The molecule has 0 aromatic rings. The highest BCUT2D eigenvalue weighted by Crippen LogP contribution is 2.43. The molecule has 0 aliphatic rings. The Bertz CT molecular complexity index is 1030. The maximum Gasteiger partial charge on any atom is 0.472 e. The first-order valence-corrected chi connectivity index (χ1v) is 31.5. The van der Waals surface area contributed by atoms with Crippen molar-refractivity contribution in [2.24, 2.45) is 0 Å². The van der Waals surface area contributed by atoms with E-state index in [1.165, 1.54) is 270 Å². The number of carbonyl (C=O) groups excluding carboxylic acids is 1. The standard InChI is InChI=1S/C58H117O9P/c1-3-5-7-9-11-13-15-17-19-21-23-25-26-27-28-29-30-31-32-34-36-38-40-42-44-46-48-50-58(61)67-57(55-66-68(62,63)65-53-56(60)52-59)54-64-51-49-47-45-43-41-39-37-35-33-24-22-20-18-16-14-12-10-8-6-4-2/h56-57,59-60H,3-55H2,1-2H3,(H,62,63)/t56-,57+/m0/s1. The molecule has 0 rings (SSSR count). The summed E-state index contributed by atoms with van der Waals surface area (Å²) in [7, 11) is -4.52. The molecular weight excluding hydrogens is 872 g/mol. The molecule has 3 atom stereocenters. The predicted octanol–water partition coefficient (Wildman–Crippen LogP) is 18.2. The van der Waals surface area contributed by atoms with Crippen molar-refractivity contribution in [1.82, 2.24) is 0 Å². The van der Waals surface area contributed by atoms with Crippen LogP contribution >= 0.6 is 7.82 Å². The van der Waals surface area contributed by atoms with Crippen LogP contribution in [0.4, 0.5) is 0 Å². The van der Waals surface area contributed by atoms with E-state index in [2.05, 4.69) is 13.8 Å². The van der Waals surface area contributed by atoms with E-state index in [-0.39, 0.29) is 25.6 Å². The first-order valence-electron chi connectivity index (χ1n) is 30.0. The molecule has 0 aromatic carbocycles. The summed E-state index contributed by atoms with van der Waals surface area (Å²) in [4.78, 5) is 22.8. The molecule has 0 amide bonds. The summed E-state index contributed by atoms with van der Waals surface area (Å²) >= 11 is 0. The summed E-state index contributed by atoms with van der Waals surface area (Å²) in [5.41, 5.74) is 0. The van der Waals surface area contributed by atoms with Crippen LogP contribution in [-0.2, 0) is 27.9 Å². The first kappa shape index (κ1) is 67.5. The number of rotatable bonds is 59. The number of hydrogen-bond donors (Lipinski definition) is 3. The van der Waals surface area contributed by atoms with E-state index < -0.39 is 33.2 Å². The molecule has 408 valence electrons. The molecule has 0 radical (unpaired) electrons. The summed E-state index contributed by atoms with van der Waals surface area (Å²) in [5.74, 6) is -0.370. The molecule has 68 heavy (non-hydrogen) atoms. The Morgan fingerprint density at radius 1 is 0.397 bits per heavy atom. The Hall–Kier alpha value is -0.540. The molecule has 0 spiro atoms. The number of aliphatic hydroxyl groups is 2. The topological polar surface area (TPSA) is 132 Å². The second-order valence-corrected chi connectivity index (χ2v) is 22.2. The quantitative estimate of drug-likeness (QED) is 0.0310. The van der Waals surface area contributed by atoms with Crippen LogP contribution in [0.3, 0.4) is 0 Å². The molecule has 9 nitrogen and oxygen atoms in total. The Balaban J connectivity index is 3.90. The lowest BCUT2D eigenvalue weighted by atomic mass is 10.0. The number of hydrogen-bond acceptors (Lipinski definition) is 8. The Morgan fingerprint density at radius 2 is 0.662 bits per heavy atom. The molecule has 0 aliphatic heterocycles. The van der Waals surface area contributed by atoms with Gasteiger partial charge in [0.05, 0.1) is 26.4 Å². The maximum absolute atomic E-state index is 12.7. The zero-order valence-electron chi connectivity index (χ0n) is 45.4. The van der Waals surface area contributed by atoms with Gasteiger partial charge in [-0.1, -0.05) is 303 Å². The monoisotopic (exact) mass is 989 g/mol. The van der Waals surface area contributed by atoms with Crippen LogP contribution in [0, 0.1) is 0 Å². The van der Waals surface area contributed by atoms with Gasteiger partial charge < -0.3 is 24.6 Å². The van der Waals surface area contributed by atoms with Crippen LogP contribution in [0.15, 0.2) is 0 Å². The van der Waals surface area contributed by atoms with E-state index in [9.17, 15) is 19.4 Å². The summed E-state index contributed by atoms with van der Waals surface area (Å²) in [6.07, 6.45) is 61.0. The van der Waals surface area contributed by atoms with Gasteiger partial charge in [0.25, 0.3) is 0 Å². The van der Waals surface area contributed by atoms with Crippen molar-refractivity contribution in [3.8, 4) is 0 Å². The first-order chi connectivity index (χ1) is 33.3. The van der Waals surface area contributed by atoms with Crippen LogP contribution in [0.25, 0.3) is 0 Å². The van der Waals surface area contributed by atoms with E-state index in [0.29, 0.717) is 6.61 Å². The number of carbonyl (C=O) groups is 1. The number of ether oxygens (including phenoxy) is 2. The van der Waals surface area contributed by atoms with Crippen LogP contribution in [0.2, 0.25) is 0 Å². The number of phosphoric acid groups is 1. The molecule has 0 aliphatic carbocycles. The molecule has 0 saturated heterocycles. The third-order valence-corrected chi connectivity index (χ3v) is 14.7. The minimum Gasteiger partial charge on any atom is -0.457 e. The fourth-order valence-electron chi connectivity index (χ4n) is 9.24. The predicted molar refractivity (Wildman–Crippen MR) is 288 cm³/mol. The summed E-state index contributed by atoms with van der Waals surface area (Å²) < 4.78 is 33.7. The van der Waals surface area contributed by atoms with Gasteiger partial charge in [0.2, 0.25) is 0 Å². The van der Waals surface area contributed by atoms with Crippen molar-refractivity contribution in [2.45, 2.75) is 334 Å². The van der Waals surface area contributed by atoms with Crippen LogP contribution in [0.5, 0.6) is 0 Å². The highest BCUT2D eigenvalue weighted by atomic mass is 31.2. The smallest absolute Gasteiger partial charge is 0.457 e. The van der Waals surface area contributed by atoms with Gasteiger partial charge in [0.15, 0.2) is 0 Å². The van der Waals surface area contributed by atoms with Gasteiger partial charge in [0.1, 0.15) is 12.2 Å². The van der Waals surface area contributed by atoms with E-state index >= 15 is 0 Å². The second kappa shape index (κ2) is 55.8. The van der Waals surface area contributed by atoms with Gasteiger partial charge in [-0.05, 0) is 12.8 Å². The number of unbranched alkanes of at least 4 members (excludes halogenated alkanes) is 45. The average Bonchev–Trinajstić information content (AvgIpc) is 3.33. The van der Waals surface area contributed by atoms with E-state index in [0.717, 1.165) is 32.1 Å². The van der Waals surface area contributed by atoms with Crippen molar-refractivity contribution in [3.63, 3.8) is 0 Å². The van der Waals surface area contributed by atoms with Crippen molar-refractivity contribution in [3.05, 3.63) is 0 Å². The molecule has 0 heterocycles. The molecular formula is C58H117O9P. The van der Waals surface area contributed by atoms with Crippen LogP contribution in [-0.4, -0.2) is 66.3 Å². The zero-order valence-corrected chi connectivity index (χ0v) is 46.3. The average molecular weight is 990 g/mol. The third kappa shape index (κ3) is 54.8. The lowest BCUT2D eigenvalue weighted by Gasteiger charge is -2.20. The summed E-state index contributed by atoms with van der Waals surface area (Å²) in [6, 6.07) is 0. The van der Waals surface area contributed by atoms with E-state index in [1.54, 1.807) is 0 Å². The molecule has 1 unspecified atom stereocenters. The van der Waals surface area contributed by atoms with Crippen molar-refractivity contribution >= 4 is 13.8 Å². The molecule has 3 N–H and O–H groups in total. The lowest BCUT2D eigenvalue weighted by Crippen LogP contribution is -2.29. The Kier molecular flexibility index (Phi) is 55.3. The van der Waals surface area contributed by atoms with Gasteiger partial charge in [-0.15, -0.1) is 0 Å². The Morgan fingerprint density at radius 3 is 0.956 bits per heavy atom.